The summed E-state index contributed by atoms with van der Waals surface area (Å²) in [6, 6.07) is 9.12. The van der Waals surface area contributed by atoms with Gasteiger partial charge in [0.05, 0.1) is 0 Å². The van der Waals surface area contributed by atoms with Gasteiger partial charge in [-0.2, -0.15) is 8.42 Å². The summed E-state index contributed by atoms with van der Waals surface area (Å²) in [5.41, 5.74) is 0.651. The van der Waals surface area contributed by atoms with Crippen molar-refractivity contribution in [2.75, 3.05) is 0 Å². The van der Waals surface area contributed by atoms with Gasteiger partial charge in [0, 0.05) is 10.0 Å². The van der Waals surface area contributed by atoms with Gasteiger partial charge in [-0.05, 0) is 42.0 Å². The van der Waals surface area contributed by atoms with Crippen LogP contribution in [0.3, 0.4) is 0 Å². The van der Waals surface area contributed by atoms with E-state index >= 15 is 0 Å². The molecule has 2 aromatic carbocycles. The molecule has 1 aliphatic heterocycles. The first-order valence-corrected chi connectivity index (χ1v) is 9.24. The second-order valence-electron chi connectivity index (χ2n) is 5.18. The van der Waals surface area contributed by atoms with Crippen molar-refractivity contribution in [3.05, 3.63) is 63.8 Å². The van der Waals surface area contributed by atoms with E-state index in [-0.39, 0.29) is 26.4 Å². The van der Waals surface area contributed by atoms with E-state index in [1.165, 1.54) is 48.5 Å². The summed E-state index contributed by atoms with van der Waals surface area (Å²) in [4.78, 5) is 22.4. The SMILES string of the molecule is O=C1NC(=O)/C(=C/c2ccc(OS(=O)(=O)c3cc(Cl)cc(Cl)c3)cc2)N1. The lowest BCUT2D eigenvalue weighted by molar-refractivity contribution is -0.115. The zero-order chi connectivity index (χ0) is 18.9. The van der Waals surface area contributed by atoms with Gasteiger partial charge in [-0.3, -0.25) is 10.1 Å². The molecule has 10 heteroatoms. The summed E-state index contributed by atoms with van der Waals surface area (Å²) in [5.74, 6) is -0.487. The summed E-state index contributed by atoms with van der Waals surface area (Å²) >= 11 is 11.6. The van der Waals surface area contributed by atoms with Crippen molar-refractivity contribution in [1.82, 2.24) is 10.6 Å². The van der Waals surface area contributed by atoms with E-state index in [2.05, 4.69) is 10.6 Å². The molecule has 2 N–H and O–H groups in total. The normalized spacial score (nSPS) is 15.7. The maximum Gasteiger partial charge on any atom is 0.339 e. The van der Waals surface area contributed by atoms with Crippen molar-refractivity contribution < 1.29 is 22.2 Å². The van der Waals surface area contributed by atoms with Crippen LogP contribution in [0.25, 0.3) is 6.08 Å². The van der Waals surface area contributed by atoms with Crippen molar-refractivity contribution in [3.8, 4) is 5.75 Å². The molecular weight excluding hydrogens is 403 g/mol. The highest BCUT2D eigenvalue weighted by Gasteiger charge is 2.23. The minimum absolute atomic E-state index is 0.0585. The third kappa shape index (κ3) is 4.16. The number of imide groups is 1. The van der Waals surface area contributed by atoms with Crippen LogP contribution in [0.15, 0.2) is 53.1 Å². The lowest BCUT2D eigenvalue weighted by Gasteiger charge is -2.08. The number of carbonyl (C=O) groups excluding carboxylic acids is 2. The monoisotopic (exact) mass is 412 g/mol. The van der Waals surface area contributed by atoms with E-state index in [9.17, 15) is 18.0 Å². The Bertz CT molecular complexity index is 1010. The zero-order valence-electron chi connectivity index (χ0n) is 12.8. The van der Waals surface area contributed by atoms with Crippen LogP contribution in [0, 0.1) is 0 Å². The molecule has 0 spiro atoms. The topological polar surface area (TPSA) is 102 Å². The highest BCUT2D eigenvalue weighted by atomic mass is 35.5. The fraction of sp³-hybridized carbons (Fsp3) is 0. The molecule has 26 heavy (non-hydrogen) atoms. The number of benzene rings is 2. The smallest absolute Gasteiger partial charge is 0.339 e. The van der Waals surface area contributed by atoms with E-state index in [0.29, 0.717) is 5.56 Å². The molecule has 134 valence electrons. The summed E-state index contributed by atoms with van der Waals surface area (Å²) < 4.78 is 29.6. The van der Waals surface area contributed by atoms with E-state index in [4.69, 9.17) is 27.4 Å². The van der Waals surface area contributed by atoms with Crippen LogP contribution in [0.5, 0.6) is 5.75 Å². The second kappa shape index (κ2) is 6.99. The zero-order valence-corrected chi connectivity index (χ0v) is 15.2. The van der Waals surface area contributed by atoms with Crippen molar-refractivity contribution in [2.45, 2.75) is 4.90 Å². The van der Waals surface area contributed by atoms with Crippen LogP contribution in [0.2, 0.25) is 10.0 Å². The number of nitrogens with one attached hydrogen (secondary N) is 2. The summed E-state index contributed by atoms with van der Waals surface area (Å²) in [5, 5.41) is 4.75. The average molecular weight is 413 g/mol. The average Bonchev–Trinajstić information content (AvgIpc) is 2.85. The molecule has 3 amide bonds. The van der Waals surface area contributed by atoms with Gasteiger partial charge in [-0.25, -0.2) is 4.79 Å². The summed E-state index contributed by atoms with van der Waals surface area (Å²) in [6.07, 6.45) is 1.44. The van der Waals surface area contributed by atoms with Crippen molar-refractivity contribution in [2.24, 2.45) is 0 Å². The van der Waals surface area contributed by atoms with Crippen LogP contribution in [-0.2, 0) is 14.9 Å². The van der Waals surface area contributed by atoms with Crippen LogP contribution in [0.1, 0.15) is 5.56 Å². The number of halogens is 2. The van der Waals surface area contributed by atoms with Crippen LogP contribution < -0.4 is 14.8 Å². The Balaban J connectivity index is 1.80. The molecule has 0 saturated carbocycles. The van der Waals surface area contributed by atoms with Gasteiger partial charge in [-0.1, -0.05) is 35.3 Å². The Morgan fingerprint density at radius 2 is 1.54 bits per heavy atom. The second-order valence-corrected chi connectivity index (χ2v) is 7.60. The highest BCUT2D eigenvalue weighted by Crippen LogP contribution is 2.25. The van der Waals surface area contributed by atoms with E-state index in [0.717, 1.165) is 0 Å². The first-order valence-electron chi connectivity index (χ1n) is 7.08. The summed E-state index contributed by atoms with van der Waals surface area (Å²) in [6.45, 7) is 0. The predicted molar refractivity (Wildman–Crippen MR) is 95.4 cm³/mol. The lowest BCUT2D eigenvalue weighted by Crippen LogP contribution is -2.22. The van der Waals surface area contributed by atoms with Gasteiger partial charge in [0.1, 0.15) is 16.3 Å². The molecule has 0 aromatic heterocycles. The number of urea groups is 1. The summed E-state index contributed by atoms with van der Waals surface area (Å²) in [7, 11) is -4.12. The molecule has 0 unspecified atom stereocenters. The molecule has 3 rings (SSSR count). The fourth-order valence-corrected chi connectivity index (χ4v) is 3.78. The molecule has 1 heterocycles. The molecule has 2 aromatic rings. The Labute approximate surface area is 158 Å². The Hall–Kier alpha value is -2.55. The maximum atomic E-state index is 12.3. The van der Waals surface area contributed by atoms with Gasteiger partial charge < -0.3 is 9.50 Å². The van der Waals surface area contributed by atoms with Crippen molar-refractivity contribution >= 4 is 51.3 Å². The molecule has 1 fully saturated rings. The quantitative estimate of drug-likeness (QED) is 0.456. The first-order chi connectivity index (χ1) is 12.2. The van der Waals surface area contributed by atoms with Crippen LogP contribution >= 0.6 is 23.2 Å². The lowest BCUT2D eigenvalue weighted by atomic mass is 10.2. The van der Waals surface area contributed by atoms with Gasteiger partial charge in [-0.15, -0.1) is 0 Å². The third-order valence-electron chi connectivity index (χ3n) is 3.24. The standard InChI is InChI=1S/C16H10Cl2N2O5S/c17-10-6-11(18)8-13(7-10)26(23,24)25-12-3-1-9(2-4-12)5-14-15(21)20-16(22)19-14/h1-8H,(H2,19,20,21,22)/b14-5-. The predicted octanol–water partition coefficient (Wildman–Crippen LogP) is 2.94. The Kier molecular flexibility index (Phi) is 4.90. The molecular formula is C16H10Cl2N2O5S. The van der Waals surface area contributed by atoms with Crippen LogP contribution in [-0.4, -0.2) is 20.4 Å². The fourth-order valence-electron chi connectivity index (χ4n) is 2.12. The minimum atomic E-state index is -4.12. The van der Waals surface area contributed by atoms with Gasteiger partial charge >= 0.3 is 16.1 Å². The first kappa shape index (κ1) is 18.2. The highest BCUT2D eigenvalue weighted by molar-refractivity contribution is 7.87. The van der Waals surface area contributed by atoms with E-state index < -0.39 is 22.1 Å². The number of hydrogen-bond donors (Lipinski definition) is 2. The Morgan fingerprint density at radius 1 is 0.923 bits per heavy atom. The number of carbonyl (C=O) groups is 2. The van der Waals surface area contributed by atoms with E-state index in [1.54, 1.807) is 0 Å². The van der Waals surface area contributed by atoms with Gasteiger partial charge in [0.15, 0.2) is 0 Å². The number of rotatable bonds is 4. The largest absolute Gasteiger partial charge is 0.379 e. The maximum absolute atomic E-state index is 12.3. The van der Waals surface area contributed by atoms with E-state index in [1.807, 2.05) is 0 Å². The molecule has 1 saturated heterocycles. The number of amides is 3. The van der Waals surface area contributed by atoms with Crippen LogP contribution in [0.4, 0.5) is 4.79 Å². The molecule has 1 aliphatic rings. The van der Waals surface area contributed by atoms with Gasteiger partial charge in [0.2, 0.25) is 0 Å². The van der Waals surface area contributed by atoms with Crippen molar-refractivity contribution in [3.63, 3.8) is 0 Å². The van der Waals surface area contributed by atoms with Crippen molar-refractivity contribution in [1.29, 1.82) is 0 Å². The third-order valence-corrected chi connectivity index (χ3v) is 4.90. The molecule has 7 nitrogen and oxygen atoms in total. The molecule has 0 aliphatic carbocycles. The minimum Gasteiger partial charge on any atom is -0.379 e. The van der Waals surface area contributed by atoms with Gasteiger partial charge in [0.25, 0.3) is 5.91 Å². The molecule has 0 bridgehead atoms. The number of hydrogen-bond acceptors (Lipinski definition) is 5. The Morgan fingerprint density at radius 3 is 2.08 bits per heavy atom. The molecule has 0 atom stereocenters. The molecule has 0 radical (unpaired) electrons.